The summed E-state index contributed by atoms with van der Waals surface area (Å²) in [5.74, 6) is 0. The molecule has 4 nitrogen and oxygen atoms in total. The van der Waals surface area contributed by atoms with Gasteiger partial charge in [-0.1, -0.05) is 51.1 Å². The van der Waals surface area contributed by atoms with Crippen molar-refractivity contribution in [3.05, 3.63) is 35.9 Å². The van der Waals surface area contributed by atoms with Crippen molar-refractivity contribution in [2.45, 2.75) is 70.1 Å². The Morgan fingerprint density at radius 3 is 2.48 bits per heavy atom. The maximum atomic E-state index is 6.44. The zero-order chi connectivity index (χ0) is 16.7. The third-order valence-corrected chi connectivity index (χ3v) is 9.63. The Morgan fingerprint density at radius 1 is 1.13 bits per heavy atom. The molecule has 2 aliphatic heterocycles. The van der Waals surface area contributed by atoms with Crippen molar-refractivity contribution in [3.8, 4) is 0 Å². The first-order valence-corrected chi connectivity index (χ1v) is 11.3. The second kappa shape index (κ2) is 6.30. The molecule has 2 heterocycles. The molecule has 0 saturated carbocycles. The summed E-state index contributed by atoms with van der Waals surface area (Å²) in [7, 11) is -1.80. The minimum Gasteiger partial charge on any atom is -0.409 e. The molecule has 2 fully saturated rings. The lowest BCUT2D eigenvalue weighted by atomic mass is 10.1. The summed E-state index contributed by atoms with van der Waals surface area (Å²) in [6.07, 6.45) is -0.0992. The van der Waals surface area contributed by atoms with Gasteiger partial charge in [-0.2, -0.15) is 0 Å². The van der Waals surface area contributed by atoms with Gasteiger partial charge in [0, 0.05) is 0 Å². The second-order valence-electron chi connectivity index (χ2n) is 7.98. The largest absolute Gasteiger partial charge is 0.409 e. The quantitative estimate of drug-likeness (QED) is 0.607. The van der Waals surface area contributed by atoms with E-state index >= 15 is 0 Å². The Balaban J connectivity index is 1.51. The van der Waals surface area contributed by atoms with Crippen LogP contribution in [0.25, 0.3) is 0 Å². The van der Waals surface area contributed by atoms with Crippen LogP contribution >= 0.6 is 0 Å². The van der Waals surface area contributed by atoms with E-state index in [1.54, 1.807) is 0 Å². The summed E-state index contributed by atoms with van der Waals surface area (Å²) < 4.78 is 24.0. The van der Waals surface area contributed by atoms with E-state index in [9.17, 15) is 0 Å². The number of hydrogen-bond acceptors (Lipinski definition) is 4. The van der Waals surface area contributed by atoms with Crippen molar-refractivity contribution in [3.63, 3.8) is 0 Å². The fourth-order valence-corrected chi connectivity index (χ4v) is 3.90. The van der Waals surface area contributed by atoms with Crippen molar-refractivity contribution in [2.75, 3.05) is 6.61 Å². The lowest BCUT2D eigenvalue weighted by Crippen LogP contribution is -2.49. The molecule has 0 aromatic heterocycles. The van der Waals surface area contributed by atoms with Gasteiger partial charge in [-0.15, -0.1) is 0 Å². The van der Waals surface area contributed by atoms with E-state index in [4.69, 9.17) is 18.6 Å². The molecule has 0 spiro atoms. The molecule has 0 bridgehead atoms. The van der Waals surface area contributed by atoms with Gasteiger partial charge < -0.3 is 18.6 Å². The molecule has 0 radical (unpaired) electrons. The van der Waals surface area contributed by atoms with E-state index < -0.39 is 8.32 Å². The van der Waals surface area contributed by atoms with Crippen LogP contribution < -0.4 is 0 Å². The molecule has 0 N–H and O–H groups in total. The van der Waals surface area contributed by atoms with Gasteiger partial charge in [-0.25, -0.2) is 0 Å². The molecule has 0 amide bonds. The van der Waals surface area contributed by atoms with E-state index in [2.05, 4.69) is 46.0 Å². The van der Waals surface area contributed by atoms with Crippen LogP contribution in [0.4, 0.5) is 0 Å². The van der Waals surface area contributed by atoms with Gasteiger partial charge in [-0.3, -0.25) is 0 Å². The smallest absolute Gasteiger partial charge is 0.192 e. The molecule has 3 rings (SSSR count). The number of benzene rings is 1. The van der Waals surface area contributed by atoms with Gasteiger partial charge in [-0.05, 0) is 23.7 Å². The maximum absolute atomic E-state index is 6.44. The Labute approximate surface area is 140 Å². The van der Waals surface area contributed by atoms with E-state index in [1.165, 1.54) is 0 Å². The van der Waals surface area contributed by atoms with Crippen molar-refractivity contribution in [1.29, 1.82) is 0 Å². The van der Waals surface area contributed by atoms with Crippen LogP contribution in [-0.4, -0.2) is 39.5 Å². The highest BCUT2D eigenvalue weighted by Gasteiger charge is 2.57. The molecule has 4 atom stereocenters. The molecular formula is C18H28O4Si. The predicted molar refractivity (Wildman–Crippen MR) is 91.7 cm³/mol. The van der Waals surface area contributed by atoms with E-state index in [1.807, 2.05) is 18.2 Å². The van der Waals surface area contributed by atoms with Gasteiger partial charge in [0.05, 0.1) is 19.3 Å². The molecule has 128 valence electrons. The molecule has 0 aliphatic carbocycles. The Morgan fingerprint density at radius 2 is 1.83 bits per heavy atom. The Kier molecular flexibility index (Phi) is 4.68. The summed E-state index contributed by atoms with van der Waals surface area (Å²) in [6.45, 7) is 12.4. The third kappa shape index (κ3) is 3.86. The summed E-state index contributed by atoms with van der Waals surface area (Å²) >= 11 is 0. The summed E-state index contributed by atoms with van der Waals surface area (Å²) in [5, 5.41) is 0.193. The van der Waals surface area contributed by atoms with Crippen LogP contribution in [0.5, 0.6) is 0 Å². The molecule has 1 aromatic carbocycles. The van der Waals surface area contributed by atoms with E-state index in [0.717, 1.165) is 5.56 Å². The van der Waals surface area contributed by atoms with E-state index in [0.29, 0.717) is 13.2 Å². The number of fused-ring (bicyclic) bond motifs is 1. The van der Waals surface area contributed by atoms with Crippen molar-refractivity contribution >= 4 is 8.32 Å². The average molecular weight is 337 g/mol. The SMILES string of the molecule is CC(C)(C)[Si](C)(C)O[C@H]1CO[C@H](OCc2ccccc2)[C@H]2O[C@H]21. The van der Waals surface area contributed by atoms with Crippen LogP contribution in [0.2, 0.25) is 18.1 Å². The number of ether oxygens (including phenoxy) is 3. The van der Waals surface area contributed by atoms with Gasteiger partial charge in [0.25, 0.3) is 0 Å². The van der Waals surface area contributed by atoms with Crippen molar-refractivity contribution in [2.24, 2.45) is 0 Å². The number of epoxide rings is 1. The first-order valence-electron chi connectivity index (χ1n) is 8.38. The Hall–Kier alpha value is -0.723. The van der Waals surface area contributed by atoms with Crippen LogP contribution in [0.1, 0.15) is 26.3 Å². The molecule has 2 aliphatic rings. The molecule has 5 heteroatoms. The zero-order valence-corrected chi connectivity index (χ0v) is 15.7. The van der Waals surface area contributed by atoms with Crippen LogP contribution in [-0.2, 0) is 25.2 Å². The molecule has 23 heavy (non-hydrogen) atoms. The third-order valence-electron chi connectivity index (χ3n) is 5.13. The van der Waals surface area contributed by atoms with Gasteiger partial charge in [0.1, 0.15) is 12.2 Å². The van der Waals surface area contributed by atoms with Crippen LogP contribution in [0.15, 0.2) is 30.3 Å². The molecule has 1 aromatic rings. The highest BCUT2D eigenvalue weighted by molar-refractivity contribution is 6.74. The summed E-state index contributed by atoms with van der Waals surface area (Å²) in [5.41, 5.74) is 1.15. The zero-order valence-electron chi connectivity index (χ0n) is 14.7. The monoisotopic (exact) mass is 336 g/mol. The second-order valence-corrected chi connectivity index (χ2v) is 12.7. The molecular weight excluding hydrogens is 308 g/mol. The van der Waals surface area contributed by atoms with Crippen molar-refractivity contribution < 1.29 is 18.6 Å². The first kappa shape index (κ1) is 17.1. The summed E-state index contributed by atoms with van der Waals surface area (Å²) in [4.78, 5) is 0. The topological polar surface area (TPSA) is 40.2 Å². The lowest BCUT2D eigenvalue weighted by molar-refractivity contribution is -0.180. The predicted octanol–water partition coefficient (Wildman–Crippen LogP) is 3.72. The number of hydrogen-bond donors (Lipinski definition) is 0. The summed E-state index contributed by atoms with van der Waals surface area (Å²) in [6, 6.07) is 10.1. The van der Waals surface area contributed by atoms with Gasteiger partial charge in [0.15, 0.2) is 14.6 Å². The minimum atomic E-state index is -1.80. The van der Waals surface area contributed by atoms with Gasteiger partial charge in [0.2, 0.25) is 0 Å². The number of rotatable bonds is 5. The normalized spacial score (nSPS) is 30.8. The fourth-order valence-electron chi connectivity index (χ4n) is 2.59. The highest BCUT2D eigenvalue weighted by atomic mass is 28.4. The van der Waals surface area contributed by atoms with Crippen LogP contribution in [0, 0.1) is 0 Å². The molecule has 0 unspecified atom stereocenters. The fraction of sp³-hybridized carbons (Fsp3) is 0.667. The van der Waals surface area contributed by atoms with Crippen molar-refractivity contribution in [1.82, 2.24) is 0 Å². The van der Waals surface area contributed by atoms with Gasteiger partial charge >= 0.3 is 0 Å². The average Bonchev–Trinajstić information content (AvgIpc) is 3.27. The Bertz CT molecular complexity index is 526. The minimum absolute atomic E-state index is 0.0160. The standard InChI is InChI=1S/C18H28O4Si/c1-18(2,3)23(4,5)22-14-12-20-17(16-15(14)21-16)19-11-13-9-7-6-8-10-13/h6-10,14-17H,11-12H2,1-5H3/t14-,15-,16-,17-/m0/s1. The maximum Gasteiger partial charge on any atom is 0.192 e. The first-order chi connectivity index (χ1) is 10.8. The highest BCUT2D eigenvalue weighted by Crippen LogP contribution is 2.42. The lowest BCUT2D eigenvalue weighted by Gasteiger charge is -2.40. The van der Waals surface area contributed by atoms with E-state index in [-0.39, 0.29) is 29.6 Å². The van der Waals surface area contributed by atoms with Crippen LogP contribution in [0.3, 0.4) is 0 Å². The molecule has 2 saturated heterocycles.